The maximum atomic E-state index is 12.0. The van der Waals surface area contributed by atoms with Crippen molar-refractivity contribution in [2.75, 3.05) is 5.73 Å². The number of anilines is 1. The zero-order valence-corrected chi connectivity index (χ0v) is 12.2. The van der Waals surface area contributed by atoms with Gasteiger partial charge >= 0.3 is 0 Å². The number of hydrogen-bond acceptors (Lipinski definition) is 7. The Morgan fingerprint density at radius 1 is 1.35 bits per heavy atom. The number of nitrogens with two attached hydrogens (primary N) is 1. The summed E-state index contributed by atoms with van der Waals surface area (Å²) in [5.74, 6) is 0.618. The van der Waals surface area contributed by atoms with Gasteiger partial charge < -0.3 is 10.7 Å². The minimum absolute atomic E-state index is 0.0420. The highest BCUT2D eigenvalue weighted by Gasteiger charge is 2.14. The number of nitrogen functional groups attached to an aromatic ring is 1. The molecule has 1 aromatic carbocycles. The molecule has 8 heteroatoms. The van der Waals surface area contributed by atoms with Crippen molar-refractivity contribution in [1.82, 2.24) is 20.2 Å². The molecule has 0 saturated heterocycles. The van der Waals surface area contributed by atoms with E-state index in [0.29, 0.717) is 21.9 Å². The Morgan fingerprint density at radius 3 is 2.90 bits per heavy atom. The molecule has 2 heterocycles. The lowest BCUT2D eigenvalue weighted by Crippen LogP contribution is -2.12. The first kappa shape index (κ1) is 13.1. The van der Waals surface area contributed by atoms with Gasteiger partial charge in [0, 0.05) is 0 Å². The average Bonchev–Trinajstić information content (AvgIpc) is 2.84. The normalized spacial score (nSPS) is 12.7. The summed E-state index contributed by atoms with van der Waals surface area (Å²) in [4.78, 5) is 19.3. The molecule has 1 atom stereocenters. The van der Waals surface area contributed by atoms with Gasteiger partial charge in [-0.15, -0.1) is 10.2 Å². The van der Waals surface area contributed by atoms with Crippen molar-refractivity contribution in [3.8, 4) is 0 Å². The molecule has 0 spiro atoms. The van der Waals surface area contributed by atoms with E-state index in [1.54, 1.807) is 6.07 Å². The number of nitrogens with one attached hydrogen (secondary N) is 1. The summed E-state index contributed by atoms with van der Waals surface area (Å²) in [6, 6.07) is 7.27. The number of hydrogen-bond donors (Lipinski definition) is 2. The van der Waals surface area contributed by atoms with Crippen molar-refractivity contribution in [3.05, 3.63) is 40.4 Å². The molecule has 0 saturated carbocycles. The third-order valence-corrected chi connectivity index (χ3v) is 4.66. The number of rotatable bonds is 3. The van der Waals surface area contributed by atoms with Gasteiger partial charge in [0.15, 0.2) is 4.34 Å². The third kappa shape index (κ3) is 2.52. The maximum Gasteiger partial charge on any atom is 0.258 e. The fourth-order valence-electron chi connectivity index (χ4n) is 1.77. The lowest BCUT2D eigenvalue weighted by atomic mass is 10.2. The minimum atomic E-state index is -0.130. The topological polar surface area (TPSA) is 97.5 Å². The molecule has 2 aromatic heterocycles. The Hall–Kier alpha value is -1.93. The first-order valence-corrected chi connectivity index (χ1v) is 7.57. The van der Waals surface area contributed by atoms with Crippen LogP contribution in [0.2, 0.25) is 0 Å². The Bertz CT molecular complexity index is 813. The Balaban J connectivity index is 1.95. The van der Waals surface area contributed by atoms with Crippen LogP contribution >= 0.6 is 23.1 Å². The van der Waals surface area contributed by atoms with Crippen LogP contribution in [-0.2, 0) is 0 Å². The number of benzene rings is 1. The molecule has 0 amide bonds. The van der Waals surface area contributed by atoms with E-state index in [1.165, 1.54) is 23.1 Å². The summed E-state index contributed by atoms with van der Waals surface area (Å²) in [5.41, 5.74) is 6.11. The van der Waals surface area contributed by atoms with Crippen molar-refractivity contribution in [2.45, 2.75) is 16.5 Å². The van der Waals surface area contributed by atoms with Gasteiger partial charge in [-0.1, -0.05) is 35.2 Å². The van der Waals surface area contributed by atoms with Crippen molar-refractivity contribution in [1.29, 1.82) is 0 Å². The van der Waals surface area contributed by atoms with Gasteiger partial charge in [0.05, 0.1) is 16.2 Å². The second kappa shape index (κ2) is 5.22. The summed E-state index contributed by atoms with van der Waals surface area (Å²) >= 11 is 2.78. The second-order valence-electron chi connectivity index (χ2n) is 4.13. The SMILES string of the molecule is C[C@@H](Sc1nnc(N)s1)c1nc2ccccc2c(=O)[nH]1. The van der Waals surface area contributed by atoms with Crippen molar-refractivity contribution >= 4 is 39.1 Å². The van der Waals surface area contributed by atoms with Gasteiger partial charge in [-0.25, -0.2) is 4.98 Å². The number of H-pyrrole nitrogens is 1. The first-order valence-electron chi connectivity index (χ1n) is 5.88. The summed E-state index contributed by atoms with van der Waals surface area (Å²) in [7, 11) is 0. The highest BCUT2D eigenvalue weighted by atomic mass is 32.2. The third-order valence-electron chi connectivity index (χ3n) is 2.72. The predicted octanol–water partition coefficient (Wildman–Crippen LogP) is 2.21. The number of aromatic amines is 1. The monoisotopic (exact) mass is 305 g/mol. The standard InChI is InChI=1S/C12H11N5OS2/c1-6(19-12-17-16-11(13)20-12)9-14-8-5-3-2-4-7(8)10(18)15-9/h2-6H,1H3,(H2,13,16)(H,14,15,18)/t6-/m1/s1. The highest BCUT2D eigenvalue weighted by molar-refractivity contribution is 8.01. The van der Waals surface area contributed by atoms with Crippen molar-refractivity contribution < 1.29 is 0 Å². The molecule has 0 fully saturated rings. The van der Waals surface area contributed by atoms with Gasteiger partial charge in [-0.2, -0.15) is 0 Å². The van der Waals surface area contributed by atoms with Crippen molar-refractivity contribution in [2.24, 2.45) is 0 Å². The molecule has 102 valence electrons. The van der Waals surface area contributed by atoms with Crippen LogP contribution < -0.4 is 11.3 Å². The van der Waals surface area contributed by atoms with Crippen LogP contribution in [0.3, 0.4) is 0 Å². The van der Waals surface area contributed by atoms with E-state index in [4.69, 9.17) is 5.73 Å². The van der Waals surface area contributed by atoms with Gasteiger partial charge in [-0.05, 0) is 19.1 Å². The van der Waals surface area contributed by atoms with Crippen LogP contribution in [0.25, 0.3) is 10.9 Å². The quantitative estimate of drug-likeness (QED) is 0.720. The molecule has 0 radical (unpaired) electrons. The fraction of sp³-hybridized carbons (Fsp3) is 0.167. The van der Waals surface area contributed by atoms with Crippen LogP contribution in [0.4, 0.5) is 5.13 Å². The van der Waals surface area contributed by atoms with E-state index in [0.717, 1.165) is 4.34 Å². The van der Waals surface area contributed by atoms with Gasteiger partial charge in [0.25, 0.3) is 5.56 Å². The zero-order valence-electron chi connectivity index (χ0n) is 10.5. The second-order valence-corrected chi connectivity index (χ2v) is 6.73. The lowest BCUT2D eigenvalue weighted by Gasteiger charge is -2.08. The van der Waals surface area contributed by atoms with Gasteiger partial charge in [0.2, 0.25) is 5.13 Å². The molecule has 0 aliphatic heterocycles. The van der Waals surface area contributed by atoms with E-state index in [1.807, 2.05) is 25.1 Å². The molecule has 0 bridgehead atoms. The zero-order chi connectivity index (χ0) is 14.1. The van der Waals surface area contributed by atoms with Crippen LogP contribution in [0.5, 0.6) is 0 Å². The Morgan fingerprint density at radius 2 is 2.15 bits per heavy atom. The first-order chi connectivity index (χ1) is 9.63. The average molecular weight is 305 g/mol. The van der Waals surface area contributed by atoms with E-state index in [-0.39, 0.29) is 10.8 Å². The van der Waals surface area contributed by atoms with Crippen LogP contribution in [-0.4, -0.2) is 20.2 Å². The van der Waals surface area contributed by atoms with Gasteiger partial charge in [0.1, 0.15) is 5.82 Å². The molecular formula is C12H11N5OS2. The molecule has 3 rings (SSSR count). The molecular weight excluding hydrogens is 294 g/mol. The Labute approximate surface area is 122 Å². The van der Waals surface area contributed by atoms with Crippen molar-refractivity contribution in [3.63, 3.8) is 0 Å². The molecule has 3 aromatic rings. The summed E-state index contributed by atoms with van der Waals surface area (Å²) in [6.45, 7) is 1.95. The van der Waals surface area contributed by atoms with Gasteiger partial charge in [-0.3, -0.25) is 4.79 Å². The summed E-state index contributed by atoms with van der Waals surface area (Å²) in [5, 5.41) is 8.70. The lowest BCUT2D eigenvalue weighted by molar-refractivity contribution is 0.917. The molecule has 0 aliphatic rings. The van der Waals surface area contributed by atoms with Crippen LogP contribution in [0.1, 0.15) is 18.0 Å². The van der Waals surface area contributed by atoms with E-state index in [9.17, 15) is 4.79 Å². The number of aromatic nitrogens is 4. The van der Waals surface area contributed by atoms with Crippen LogP contribution in [0, 0.1) is 0 Å². The number of para-hydroxylation sites is 1. The minimum Gasteiger partial charge on any atom is -0.374 e. The number of nitrogens with zero attached hydrogens (tertiary/aromatic N) is 3. The molecule has 0 unspecified atom stereocenters. The highest BCUT2D eigenvalue weighted by Crippen LogP contribution is 2.35. The van der Waals surface area contributed by atoms with E-state index >= 15 is 0 Å². The fourth-order valence-corrected chi connectivity index (χ4v) is 3.61. The summed E-state index contributed by atoms with van der Waals surface area (Å²) in [6.07, 6.45) is 0. The smallest absolute Gasteiger partial charge is 0.258 e. The molecule has 3 N–H and O–H groups in total. The number of fused-ring (bicyclic) bond motifs is 1. The summed E-state index contributed by atoms with van der Waals surface area (Å²) < 4.78 is 0.755. The maximum absolute atomic E-state index is 12.0. The van der Waals surface area contributed by atoms with E-state index in [2.05, 4.69) is 20.2 Å². The molecule has 0 aliphatic carbocycles. The van der Waals surface area contributed by atoms with Crippen LogP contribution in [0.15, 0.2) is 33.4 Å². The largest absolute Gasteiger partial charge is 0.374 e. The predicted molar refractivity (Wildman–Crippen MR) is 81.0 cm³/mol. The number of thioether (sulfide) groups is 1. The molecule has 6 nitrogen and oxygen atoms in total. The van der Waals surface area contributed by atoms with E-state index < -0.39 is 0 Å². The molecule has 20 heavy (non-hydrogen) atoms. The Kier molecular flexibility index (Phi) is 3.41.